The Morgan fingerprint density at radius 2 is 2.08 bits per heavy atom. The van der Waals surface area contributed by atoms with Crippen molar-refractivity contribution in [1.82, 2.24) is 4.98 Å². The van der Waals surface area contributed by atoms with Crippen molar-refractivity contribution in [2.24, 2.45) is 0 Å². The first-order chi connectivity index (χ1) is 11.5. The number of carbonyl (C=O) groups excluding carboxylic acids is 2. The number of esters is 1. The minimum Gasteiger partial charge on any atom is -0.449 e. The Balaban J connectivity index is 1.96. The Labute approximate surface area is 144 Å². The summed E-state index contributed by atoms with van der Waals surface area (Å²) in [5, 5.41) is 3.01. The first kappa shape index (κ1) is 17.9. The van der Waals surface area contributed by atoms with Crippen LogP contribution in [0.1, 0.15) is 22.8 Å². The molecular weight excluding hydrogens is 332 g/mol. The zero-order chi connectivity index (χ0) is 17.5. The van der Waals surface area contributed by atoms with Gasteiger partial charge in [0.15, 0.2) is 6.10 Å². The fourth-order valence-corrected chi connectivity index (χ4v) is 2.03. The molecule has 0 unspecified atom stereocenters. The minimum absolute atomic E-state index is 0.328. The molecule has 1 N–H and O–H groups in total. The van der Waals surface area contributed by atoms with Crippen molar-refractivity contribution in [1.29, 1.82) is 0 Å². The summed E-state index contributed by atoms with van der Waals surface area (Å²) in [4.78, 5) is 28.1. The van der Waals surface area contributed by atoms with Gasteiger partial charge in [-0.3, -0.25) is 4.79 Å². The number of amides is 1. The zero-order valence-corrected chi connectivity index (χ0v) is 14.0. The summed E-state index contributed by atoms with van der Waals surface area (Å²) in [6, 6.07) is 10.0. The lowest BCUT2D eigenvalue weighted by Gasteiger charge is -2.13. The predicted octanol–water partition coefficient (Wildman–Crippen LogP) is 3.07. The maximum absolute atomic E-state index is 12.1. The van der Waals surface area contributed by atoms with E-state index in [-0.39, 0.29) is 0 Å². The van der Waals surface area contributed by atoms with E-state index in [4.69, 9.17) is 21.1 Å². The highest BCUT2D eigenvalue weighted by Gasteiger charge is 2.19. The second-order valence-corrected chi connectivity index (χ2v) is 5.47. The van der Waals surface area contributed by atoms with Gasteiger partial charge in [0.05, 0.1) is 17.2 Å². The summed E-state index contributed by atoms with van der Waals surface area (Å²) in [6.07, 6.45) is 0.441. The van der Waals surface area contributed by atoms with Gasteiger partial charge < -0.3 is 14.8 Å². The molecule has 0 bridgehead atoms. The van der Waals surface area contributed by atoms with Crippen LogP contribution in [0.4, 0.5) is 5.82 Å². The third kappa shape index (κ3) is 5.04. The molecule has 1 atom stereocenters. The van der Waals surface area contributed by atoms with Gasteiger partial charge in [0.1, 0.15) is 5.82 Å². The van der Waals surface area contributed by atoms with E-state index in [0.29, 0.717) is 23.0 Å². The van der Waals surface area contributed by atoms with Crippen LogP contribution in [0.15, 0.2) is 42.6 Å². The summed E-state index contributed by atoms with van der Waals surface area (Å²) < 4.78 is 10.2. The molecule has 1 heterocycles. The molecule has 1 aromatic carbocycles. The Kier molecular flexibility index (Phi) is 6.28. The molecule has 126 valence electrons. The lowest BCUT2D eigenvalue weighted by molar-refractivity contribution is -0.123. The van der Waals surface area contributed by atoms with Crippen LogP contribution < -0.4 is 5.32 Å². The van der Waals surface area contributed by atoms with Crippen LogP contribution in [0.5, 0.6) is 0 Å². The number of nitrogens with zero attached hydrogens (tertiary/aromatic N) is 1. The van der Waals surface area contributed by atoms with E-state index in [0.717, 1.165) is 5.56 Å². The van der Waals surface area contributed by atoms with E-state index >= 15 is 0 Å². The van der Waals surface area contributed by atoms with Crippen molar-refractivity contribution in [3.8, 4) is 0 Å². The average molecular weight is 349 g/mol. The van der Waals surface area contributed by atoms with Crippen molar-refractivity contribution in [2.75, 3.05) is 12.4 Å². The van der Waals surface area contributed by atoms with Crippen LogP contribution in [0.2, 0.25) is 5.02 Å². The molecule has 1 amide bonds. The Morgan fingerprint density at radius 1 is 1.29 bits per heavy atom. The van der Waals surface area contributed by atoms with Crippen LogP contribution in [-0.4, -0.2) is 30.1 Å². The quantitative estimate of drug-likeness (QED) is 0.812. The van der Waals surface area contributed by atoms with Crippen LogP contribution in [-0.2, 0) is 20.9 Å². The fraction of sp³-hybridized carbons (Fsp3) is 0.235. The summed E-state index contributed by atoms with van der Waals surface area (Å²) in [5.74, 6) is -0.736. The van der Waals surface area contributed by atoms with E-state index in [2.05, 4.69) is 10.3 Å². The number of halogens is 1. The molecule has 0 aliphatic heterocycles. The van der Waals surface area contributed by atoms with E-state index < -0.39 is 18.0 Å². The number of rotatable bonds is 6. The first-order valence-corrected chi connectivity index (χ1v) is 7.58. The summed E-state index contributed by atoms with van der Waals surface area (Å²) in [6.45, 7) is 1.88. The number of methoxy groups -OCH3 is 1. The number of benzene rings is 1. The SMILES string of the molecule is COCc1cccc(C(=O)O[C@@H](C)C(=O)Nc2ccc(Cl)cn2)c1. The van der Waals surface area contributed by atoms with Gasteiger partial charge in [-0.2, -0.15) is 0 Å². The number of ether oxygens (including phenoxy) is 2. The van der Waals surface area contributed by atoms with Gasteiger partial charge in [-0.15, -0.1) is 0 Å². The van der Waals surface area contributed by atoms with Crippen LogP contribution >= 0.6 is 11.6 Å². The molecule has 0 spiro atoms. The molecule has 2 rings (SSSR count). The summed E-state index contributed by atoms with van der Waals surface area (Å²) in [7, 11) is 1.57. The Bertz CT molecular complexity index is 719. The van der Waals surface area contributed by atoms with Crippen LogP contribution in [0, 0.1) is 0 Å². The maximum atomic E-state index is 12.1. The van der Waals surface area contributed by atoms with Gasteiger partial charge in [0.2, 0.25) is 0 Å². The smallest absolute Gasteiger partial charge is 0.338 e. The third-order valence-electron chi connectivity index (χ3n) is 3.11. The topological polar surface area (TPSA) is 77.5 Å². The van der Waals surface area contributed by atoms with Crippen molar-refractivity contribution >= 4 is 29.3 Å². The highest BCUT2D eigenvalue weighted by molar-refractivity contribution is 6.30. The normalized spacial score (nSPS) is 11.6. The number of carbonyl (C=O) groups is 2. The van der Waals surface area contributed by atoms with Crippen LogP contribution in [0.3, 0.4) is 0 Å². The van der Waals surface area contributed by atoms with Crippen molar-refractivity contribution in [2.45, 2.75) is 19.6 Å². The lowest BCUT2D eigenvalue weighted by atomic mass is 10.1. The Morgan fingerprint density at radius 3 is 2.75 bits per heavy atom. The number of hydrogen-bond acceptors (Lipinski definition) is 5. The number of hydrogen-bond donors (Lipinski definition) is 1. The van der Waals surface area contributed by atoms with Gasteiger partial charge in [0, 0.05) is 13.3 Å². The third-order valence-corrected chi connectivity index (χ3v) is 3.33. The minimum atomic E-state index is -0.971. The fourth-order valence-electron chi connectivity index (χ4n) is 1.91. The number of anilines is 1. The highest BCUT2D eigenvalue weighted by atomic mass is 35.5. The molecule has 0 aliphatic rings. The van der Waals surface area contributed by atoms with E-state index in [1.807, 2.05) is 6.07 Å². The first-order valence-electron chi connectivity index (χ1n) is 7.21. The molecule has 0 aliphatic carbocycles. The van der Waals surface area contributed by atoms with Gasteiger partial charge in [0.25, 0.3) is 5.91 Å². The monoisotopic (exact) mass is 348 g/mol. The molecule has 7 heteroatoms. The molecule has 6 nitrogen and oxygen atoms in total. The lowest BCUT2D eigenvalue weighted by Crippen LogP contribution is -2.30. The van der Waals surface area contributed by atoms with Gasteiger partial charge in [-0.05, 0) is 36.8 Å². The zero-order valence-electron chi connectivity index (χ0n) is 13.3. The van der Waals surface area contributed by atoms with Crippen molar-refractivity contribution < 1.29 is 19.1 Å². The van der Waals surface area contributed by atoms with Gasteiger partial charge in [-0.25, -0.2) is 9.78 Å². The van der Waals surface area contributed by atoms with E-state index in [1.165, 1.54) is 13.1 Å². The number of aromatic nitrogens is 1. The molecule has 0 saturated heterocycles. The maximum Gasteiger partial charge on any atom is 0.338 e. The molecular formula is C17H17ClN2O4. The molecule has 0 fully saturated rings. The van der Waals surface area contributed by atoms with Crippen molar-refractivity contribution in [3.05, 3.63) is 58.7 Å². The molecule has 0 radical (unpaired) electrons. The predicted molar refractivity (Wildman–Crippen MR) is 89.9 cm³/mol. The summed E-state index contributed by atoms with van der Waals surface area (Å²) in [5.41, 5.74) is 1.20. The molecule has 0 saturated carbocycles. The van der Waals surface area contributed by atoms with Crippen molar-refractivity contribution in [3.63, 3.8) is 0 Å². The number of nitrogens with one attached hydrogen (secondary N) is 1. The molecule has 2 aromatic rings. The molecule has 1 aromatic heterocycles. The largest absolute Gasteiger partial charge is 0.449 e. The number of pyridine rings is 1. The summed E-state index contributed by atoms with van der Waals surface area (Å²) >= 11 is 5.73. The second kappa shape index (κ2) is 8.42. The van der Waals surface area contributed by atoms with Gasteiger partial charge >= 0.3 is 5.97 Å². The van der Waals surface area contributed by atoms with E-state index in [9.17, 15) is 9.59 Å². The van der Waals surface area contributed by atoms with E-state index in [1.54, 1.807) is 37.4 Å². The Hall–Kier alpha value is -2.44. The second-order valence-electron chi connectivity index (χ2n) is 5.03. The average Bonchev–Trinajstić information content (AvgIpc) is 2.57. The molecule has 24 heavy (non-hydrogen) atoms. The van der Waals surface area contributed by atoms with Crippen LogP contribution in [0.25, 0.3) is 0 Å². The standard InChI is InChI=1S/C17H17ClN2O4/c1-11(16(21)20-15-7-6-14(18)9-19-15)24-17(22)13-5-3-4-12(8-13)10-23-2/h3-9,11H,10H2,1-2H3,(H,19,20,21)/t11-/m0/s1. The van der Waals surface area contributed by atoms with Gasteiger partial charge in [-0.1, -0.05) is 23.7 Å². The highest BCUT2D eigenvalue weighted by Crippen LogP contribution is 2.12.